The van der Waals surface area contributed by atoms with E-state index in [0.29, 0.717) is 0 Å². The van der Waals surface area contributed by atoms with Gasteiger partial charge in [-0.2, -0.15) is 0 Å². The molecule has 0 amide bonds. The molecule has 2 aromatic rings. The molecular formula is C7H4N6O6. The third kappa shape index (κ3) is 2.21. The molecule has 1 heterocycles. The normalized spacial score (nSPS) is 10.3. The minimum absolute atomic E-state index is 0.00153. The molecule has 0 radical (unpaired) electrons. The fraction of sp³-hybridized carbons (Fsp3) is 0. The molecule has 0 bridgehead atoms. The van der Waals surface area contributed by atoms with Gasteiger partial charge in [0.2, 0.25) is 0 Å². The molecule has 1 aromatic heterocycles. The number of hydrogen-bond acceptors (Lipinski definition) is 7. The van der Waals surface area contributed by atoms with Crippen LogP contribution in [0.5, 0.6) is 0 Å². The molecule has 1 aromatic carbocycles. The molecule has 0 fully saturated rings. The lowest BCUT2D eigenvalue weighted by atomic mass is 10.2. The molecule has 0 aliphatic heterocycles. The maximum absolute atomic E-state index is 10.7. The molecular weight excluding hydrogens is 264 g/mol. The Balaban J connectivity index is 2.62. The van der Waals surface area contributed by atoms with E-state index in [0.717, 1.165) is 12.1 Å². The van der Waals surface area contributed by atoms with Crippen LogP contribution in [0.3, 0.4) is 0 Å². The predicted octanol–water partition coefficient (Wildman–Crippen LogP) is 0.983. The highest BCUT2D eigenvalue weighted by Gasteiger charge is 2.26. The van der Waals surface area contributed by atoms with Gasteiger partial charge >= 0.3 is 11.4 Å². The van der Waals surface area contributed by atoms with Crippen molar-refractivity contribution >= 4 is 28.4 Å². The van der Waals surface area contributed by atoms with Crippen molar-refractivity contribution < 1.29 is 14.9 Å². The van der Waals surface area contributed by atoms with Gasteiger partial charge in [-0.15, -0.1) is 0 Å². The van der Waals surface area contributed by atoms with Crippen molar-refractivity contribution in [2.75, 3.05) is 5.43 Å². The van der Waals surface area contributed by atoms with Gasteiger partial charge in [0.25, 0.3) is 5.95 Å². The van der Waals surface area contributed by atoms with E-state index >= 15 is 0 Å². The Morgan fingerprint density at radius 1 is 1.05 bits per heavy atom. The van der Waals surface area contributed by atoms with Crippen molar-refractivity contribution in [2.24, 2.45) is 0 Å². The average Bonchev–Trinajstić information content (AvgIpc) is 2.66. The van der Waals surface area contributed by atoms with Gasteiger partial charge in [0.15, 0.2) is 5.03 Å². The van der Waals surface area contributed by atoms with Gasteiger partial charge in [0.05, 0.1) is 26.9 Å². The number of nitrogens with zero attached hydrogens (tertiary/aromatic N) is 4. The number of nitro benzene ring substituents is 2. The van der Waals surface area contributed by atoms with Crippen LogP contribution in [0.4, 0.5) is 17.3 Å². The summed E-state index contributed by atoms with van der Waals surface area (Å²) in [5.41, 5.74) is 0.313. The first kappa shape index (κ1) is 12.2. The van der Waals surface area contributed by atoms with E-state index in [9.17, 15) is 30.3 Å². The number of hydrogen-bond donors (Lipinski definition) is 2. The number of aromatic nitrogens is 2. The average molecular weight is 268 g/mol. The third-order valence-corrected chi connectivity index (χ3v) is 2.17. The number of benzene rings is 1. The SMILES string of the molecule is O=[N+]([O-])Nc1nc2cc([N+](=O)[O-])c([N+](=O)[O-])cc2[nH]1. The number of aromatic amines is 1. The second-order valence-corrected chi connectivity index (χ2v) is 3.33. The zero-order valence-electron chi connectivity index (χ0n) is 8.89. The van der Waals surface area contributed by atoms with Crippen LogP contribution in [-0.4, -0.2) is 24.8 Å². The van der Waals surface area contributed by atoms with Crippen LogP contribution in [0.15, 0.2) is 12.1 Å². The second-order valence-electron chi connectivity index (χ2n) is 3.33. The maximum atomic E-state index is 10.7. The third-order valence-electron chi connectivity index (χ3n) is 2.17. The summed E-state index contributed by atoms with van der Waals surface area (Å²) >= 11 is 0. The second kappa shape index (κ2) is 4.17. The van der Waals surface area contributed by atoms with E-state index in [4.69, 9.17) is 0 Å². The van der Waals surface area contributed by atoms with Gasteiger partial charge in [-0.3, -0.25) is 20.2 Å². The van der Waals surface area contributed by atoms with Crippen LogP contribution in [0.2, 0.25) is 0 Å². The first-order valence-electron chi connectivity index (χ1n) is 4.62. The summed E-state index contributed by atoms with van der Waals surface area (Å²) in [6, 6.07) is 1.76. The zero-order chi connectivity index (χ0) is 14.2. The van der Waals surface area contributed by atoms with Crippen LogP contribution in [-0.2, 0) is 0 Å². The van der Waals surface area contributed by atoms with Crippen LogP contribution >= 0.6 is 0 Å². The molecule has 2 rings (SSSR count). The summed E-state index contributed by atoms with van der Waals surface area (Å²) in [6.07, 6.45) is 0. The Bertz CT molecular complexity index is 656. The quantitative estimate of drug-likeness (QED) is 0.610. The lowest BCUT2D eigenvalue weighted by Gasteiger charge is -1.94. The summed E-state index contributed by atoms with van der Waals surface area (Å²) in [6.45, 7) is 0. The van der Waals surface area contributed by atoms with E-state index in [1.807, 2.05) is 0 Å². The topological polar surface area (TPSA) is 170 Å². The smallest absolute Gasteiger partial charge is 0.319 e. The van der Waals surface area contributed by atoms with Crippen molar-refractivity contribution in [3.8, 4) is 0 Å². The van der Waals surface area contributed by atoms with E-state index in [1.165, 1.54) is 0 Å². The lowest BCUT2D eigenvalue weighted by molar-refractivity contribution is -0.446. The molecule has 12 heteroatoms. The van der Waals surface area contributed by atoms with Crippen molar-refractivity contribution in [3.63, 3.8) is 0 Å². The lowest BCUT2D eigenvalue weighted by Crippen LogP contribution is -2.08. The van der Waals surface area contributed by atoms with E-state index < -0.39 is 26.3 Å². The minimum Gasteiger partial charge on any atom is -0.319 e. The molecule has 98 valence electrons. The fourth-order valence-corrected chi connectivity index (χ4v) is 1.47. The van der Waals surface area contributed by atoms with Gasteiger partial charge in [0, 0.05) is 6.07 Å². The van der Waals surface area contributed by atoms with Crippen LogP contribution < -0.4 is 5.43 Å². The molecule has 0 aliphatic carbocycles. The number of hydrazine groups is 1. The molecule has 0 unspecified atom stereocenters. The maximum Gasteiger partial charge on any atom is 0.348 e. The van der Waals surface area contributed by atoms with Gasteiger partial charge in [-0.1, -0.05) is 5.43 Å². The Morgan fingerprint density at radius 2 is 1.63 bits per heavy atom. The van der Waals surface area contributed by atoms with Crippen molar-refractivity contribution in [1.29, 1.82) is 0 Å². The van der Waals surface area contributed by atoms with Crippen molar-refractivity contribution in [1.82, 2.24) is 9.97 Å². The number of anilines is 1. The van der Waals surface area contributed by atoms with Gasteiger partial charge in [-0.25, -0.2) is 15.1 Å². The van der Waals surface area contributed by atoms with Gasteiger partial charge < -0.3 is 4.98 Å². The number of imidazole rings is 1. The first-order valence-corrected chi connectivity index (χ1v) is 4.62. The first-order chi connectivity index (χ1) is 8.88. The number of nitrogens with one attached hydrogen (secondary N) is 2. The summed E-state index contributed by atoms with van der Waals surface area (Å²) < 4.78 is 0. The largest absolute Gasteiger partial charge is 0.348 e. The highest BCUT2D eigenvalue weighted by atomic mass is 16.7. The van der Waals surface area contributed by atoms with Gasteiger partial charge in [-0.05, 0) is 0 Å². The Hall–Kier alpha value is -3.31. The van der Waals surface area contributed by atoms with Crippen LogP contribution in [0.25, 0.3) is 11.0 Å². The zero-order valence-corrected chi connectivity index (χ0v) is 8.89. The molecule has 12 nitrogen and oxygen atoms in total. The van der Waals surface area contributed by atoms with Crippen molar-refractivity contribution in [2.45, 2.75) is 0 Å². The Labute approximate surface area is 102 Å². The van der Waals surface area contributed by atoms with Crippen LogP contribution in [0, 0.1) is 30.3 Å². The molecule has 19 heavy (non-hydrogen) atoms. The van der Waals surface area contributed by atoms with E-state index in [1.54, 1.807) is 5.43 Å². The Morgan fingerprint density at radius 3 is 2.16 bits per heavy atom. The summed E-state index contributed by atoms with van der Waals surface area (Å²) in [5, 5.41) is 30.7. The number of nitro groups is 3. The predicted molar refractivity (Wildman–Crippen MR) is 60.0 cm³/mol. The molecule has 0 saturated carbocycles. The monoisotopic (exact) mass is 268 g/mol. The molecule has 0 spiro atoms. The Kier molecular flexibility index (Phi) is 2.67. The van der Waals surface area contributed by atoms with E-state index in [-0.39, 0.29) is 17.0 Å². The highest BCUT2D eigenvalue weighted by Crippen LogP contribution is 2.31. The minimum atomic E-state index is -0.924. The van der Waals surface area contributed by atoms with Crippen molar-refractivity contribution in [3.05, 3.63) is 42.5 Å². The molecule has 0 atom stereocenters. The number of rotatable bonds is 4. The van der Waals surface area contributed by atoms with Crippen LogP contribution in [0.1, 0.15) is 0 Å². The standard InChI is InChI=1S/C7H4N6O6/c14-11(15)5-1-3-4(2-6(5)12(16)17)9-7(8-3)10-13(18)19/h1-2H,(H2,8,9,10). The van der Waals surface area contributed by atoms with E-state index in [2.05, 4.69) is 9.97 Å². The molecule has 0 saturated heterocycles. The number of fused-ring (bicyclic) bond motifs is 1. The summed E-state index contributed by atoms with van der Waals surface area (Å²) in [7, 11) is 0. The summed E-state index contributed by atoms with van der Waals surface area (Å²) in [5.74, 6) is -0.283. The highest BCUT2D eigenvalue weighted by molar-refractivity contribution is 5.84. The summed E-state index contributed by atoms with van der Waals surface area (Å²) in [4.78, 5) is 35.8. The number of H-pyrrole nitrogens is 1. The fourth-order valence-electron chi connectivity index (χ4n) is 1.47. The molecule has 2 N–H and O–H groups in total. The van der Waals surface area contributed by atoms with Gasteiger partial charge in [0.1, 0.15) is 0 Å². The molecule has 0 aliphatic rings.